The summed E-state index contributed by atoms with van der Waals surface area (Å²) in [6.07, 6.45) is 6.70. The molecule has 0 radical (unpaired) electrons. The second-order valence-corrected chi connectivity index (χ2v) is 2.22. The van der Waals surface area contributed by atoms with Gasteiger partial charge in [0.25, 0.3) is 0 Å². The smallest absolute Gasteiger partial charge is 0.307 e. The van der Waals surface area contributed by atoms with Crippen LogP contribution in [-0.2, 0) is 9.53 Å². The fourth-order valence-electron chi connectivity index (χ4n) is 0.708. The maximum atomic E-state index is 10.4. The minimum Gasteiger partial charge on any atom is -1.00 e. The second-order valence-electron chi connectivity index (χ2n) is 2.22. The largest absolute Gasteiger partial charge is 1.00 e. The first-order valence-electron chi connectivity index (χ1n) is 3.59. The first-order chi connectivity index (χ1) is 5.79. The van der Waals surface area contributed by atoms with Gasteiger partial charge in [0, 0.05) is 19.1 Å². The number of esters is 1. The number of rotatable bonds is 2. The van der Waals surface area contributed by atoms with Crippen molar-refractivity contribution in [2.75, 3.05) is 0 Å². The second kappa shape index (κ2) is 6.37. The van der Waals surface area contributed by atoms with Crippen LogP contribution in [0.15, 0.2) is 36.9 Å². The molecular formula is C9H10BrNO2. The van der Waals surface area contributed by atoms with Crippen LogP contribution in [0.2, 0.25) is 0 Å². The van der Waals surface area contributed by atoms with Crippen LogP contribution in [0, 0.1) is 0 Å². The fraction of sp³-hybridized carbons (Fsp3) is 0.111. The monoisotopic (exact) mass is 243 g/mol. The van der Waals surface area contributed by atoms with Crippen molar-refractivity contribution in [2.24, 2.45) is 0 Å². The van der Waals surface area contributed by atoms with Crippen molar-refractivity contribution < 1.29 is 31.1 Å². The molecule has 0 aliphatic carbocycles. The number of aromatic nitrogens is 1. The van der Waals surface area contributed by atoms with Gasteiger partial charge in [-0.1, -0.05) is 6.07 Å². The molecule has 13 heavy (non-hydrogen) atoms. The highest BCUT2D eigenvalue weighted by Gasteiger charge is 1.90. The van der Waals surface area contributed by atoms with E-state index in [-0.39, 0.29) is 23.0 Å². The highest BCUT2D eigenvalue weighted by atomic mass is 79.9. The Morgan fingerprint density at radius 2 is 1.92 bits per heavy atom. The average molecular weight is 244 g/mol. The number of hydrogen-bond acceptors (Lipinski definition) is 2. The molecule has 4 heteroatoms. The molecule has 1 aromatic rings. The lowest BCUT2D eigenvalue weighted by molar-refractivity contribution is -0.568. The number of halogens is 1. The normalized spacial score (nSPS) is 9.31. The van der Waals surface area contributed by atoms with Crippen LogP contribution >= 0.6 is 0 Å². The highest BCUT2D eigenvalue weighted by molar-refractivity contribution is 5.66. The van der Waals surface area contributed by atoms with Crippen LogP contribution in [0.3, 0.4) is 0 Å². The molecule has 0 atom stereocenters. The van der Waals surface area contributed by atoms with Crippen molar-refractivity contribution in [1.29, 1.82) is 0 Å². The van der Waals surface area contributed by atoms with Gasteiger partial charge < -0.3 is 21.7 Å². The molecule has 0 amide bonds. The Morgan fingerprint density at radius 3 is 2.46 bits per heavy atom. The van der Waals surface area contributed by atoms with E-state index in [1.54, 1.807) is 10.8 Å². The van der Waals surface area contributed by atoms with E-state index in [1.807, 2.05) is 30.6 Å². The van der Waals surface area contributed by atoms with Crippen LogP contribution in [-0.4, -0.2) is 5.97 Å². The Hall–Kier alpha value is -1.16. The number of carbonyl (C=O) groups is 1. The number of nitrogens with zero attached hydrogens (tertiary/aromatic N) is 1. The van der Waals surface area contributed by atoms with E-state index >= 15 is 0 Å². The summed E-state index contributed by atoms with van der Waals surface area (Å²) < 4.78 is 6.39. The molecule has 0 aliphatic rings. The molecule has 0 unspecified atom stereocenters. The molecule has 0 saturated heterocycles. The summed E-state index contributed by atoms with van der Waals surface area (Å²) in [6.45, 7) is 1.36. The third kappa shape index (κ3) is 5.14. The van der Waals surface area contributed by atoms with Gasteiger partial charge in [0.2, 0.25) is 6.20 Å². The predicted octanol–water partition coefficient (Wildman–Crippen LogP) is -2.03. The van der Waals surface area contributed by atoms with E-state index < -0.39 is 0 Å². The molecule has 0 spiro atoms. The molecule has 0 N–H and O–H groups in total. The standard InChI is InChI=1S/C9H10NO2.BrH/c1-9(11)12-8-7-10-5-3-2-4-6-10;/h2-8H,1H3;1H/q+1;/p-1. The van der Waals surface area contributed by atoms with Crippen molar-refractivity contribution in [3.8, 4) is 0 Å². The van der Waals surface area contributed by atoms with Gasteiger partial charge in [-0.05, 0) is 0 Å². The van der Waals surface area contributed by atoms with Gasteiger partial charge >= 0.3 is 5.97 Å². The number of hydrogen-bond donors (Lipinski definition) is 0. The van der Waals surface area contributed by atoms with E-state index in [2.05, 4.69) is 4.74 Å². The topological polar surface area (TPSA) is 30.2 Å². The fourth-order valence-corrected chi connectivity index (χ4v) is 0.708. The maximum Gasteiger partial charge on any atom is 0.307 e. The van der Waals surface area contributed by atoms with Crippen LogP contribution < -0.4 is 21.5 Å². The zero-order valence-electron chi connectivity index (χ0n) is 7.18. The average Bonchev–Trinajstić information content (AvgIpc) is 2.05. The van der Waals surface area contributed by atoms with Crippen LogP contribution in [0.5, 0.6) is 0 Å². The SMILES string of the molecule is CC(=O)OC=C[n+]1ccccc1.[Br-]. The third-order valence-electron chi connectivity index (χ3n) is 1.21. The lowest BCUT2D eigenvalue weighted by atomic mass is 10.5. The minimum absolute atomic E-state index is 0. The number of ether oxygens (including phenoxy) is 1. The number of carbonyl (C=O) groups excluding carboxylic acids is 1. The van der Waals surface area contributed by atoms with E-state index in [4.69, 9.17) is 0 Å². The van der Waals surface area contributed by atoms with Gasteiger partial charge in [0.15, 0.2) is 18.7 Å². The molecule has 70 valence electrons. The maximum absolute atomic E-state index is 10.4. The van der Waals surface area contributed by atoms with Crippen LogP contribution in [0.1, 0.15) is 6.92 Å². The summed E-state index contributed by atoms with van der Waals surface area (Å²) >= 11 is 0. The van der Waals surface area contributed by atoms with Gasteiger partial charge in [-0.15, -0.1) is 0 Å². The van der Waals surface area contributed by atoms with Gasteiger partial charge in [0.05, 0.1) is 0 Å². The van der Waals surface area contributed by atoms with Crippen LogP contribution in [0.25, 0.3) is 6.20 Å². The molecule has 0 saturated carbocycles. The summed E-state index contributed by atoms with van der Waals surface area (Å²) in [7, 11) is 0. The Labute approximate surface area is 87.4 Å². The van der Waals surface area contributed by atoms with E-state index in [1.165, 1.54) is 13.2 Å². The van der Waals surface area contributed by atoms with Crippen molar-refractivity contribution in [3.05, 3.63) is 36.9 Å². The van der Waals surface area contributed by atoms with Crippen molar-refractivity contribution >= 4 is 12.2 Å². The Balaban J connectivity index is 0.00000144. The molecule has 1 rings (SSSR count). The first kappa shape index (κ1) is 11.8. The highest BCUT2D eigenvalue weighted by Crippen LogP contribution is 1.80. The summed E-state index contributed by atoms with van der Waals surface area (Å²) in [5, 5.41) is 0. The molecular weight excluding hydrogens is 234 g/mol. The zero-order chi connectivity index (χ0) is 8.81. The van der Waals surface area contributed by atoms with Crippen molar-refractivity contribution in [3.63, 3.8) is 0 Å². The van der Waals surface area contributed by atoms with Gasteiger partial charge in [-0.2, -0.15) is 4.57 Å². The summed E-state index contributed by atoms with van der Waals surface area (Å²) in [5.74, 6) is -0.317. The molecule has 1 heterocycles. The quantitative estimate of drug-likeness (QED) is 0.341. The zero-order valence-corrected chi connectivity index (χ0v) is 8.77. The Bertz CT molecular complexity index is 285. The third-order valence-corrected chi connectivity index (χ3v) is 1.21. The van der Waals surface area contributed by atoms with E-state index in [0.29, 0.717) is 0 Å². The molecule has 0 fully saturated rings. The summed E-state index contributed by atoms with van der Waals surface area (Å²) in [5.41, 5.74) is 0. The van der Waals surface area contributed by atoms with E-state index in [9.17, 15) is 4.79 Å². The van der Waals surface area contributed by atoms with Crippen molar-refractivity contribution in [1.82, 2.24) is 0 Å². The lowest BCUT2D eigenvalue weighted by Crippen LogP contribution is -3.00. The summed E-state index contributed by atoms with van der Waals surface area (Å²) in [6, 6.07) is 5.69. The van der Waals surface area contributed by atoms with Gasteiger partial charge in [-0.25, -0.2) is 0 Å². The minimum atomic E-state index is -0.317. The molecule has 0 bridgehead atoms. The van der Waals surface area contributed by atoms with Gasteiger partial charge in [-0.3, -0.25) is 4.79 Å². The van der Waals surface area contributed by atoms with Gasteiger partial charge in [0.1, 0.15) is 0 Å². The molecule has 0 aromatic carbocycles. The number of pyridine rings is 1. The lowest BCUT2D eigenvalue weighted by Gasteiger charge is -1.87. The summed E-state index contributed by atoms with van der Waals surface area (Å²) in [4.78, 5) is 10.4. The van der Waals surface area contributed by atoms with E-state index in [0.717, 1.165) is 0 Å². The Morgan fingerprint density at radius 1 is 1.31 bits per heavy atom. The molecule has 1 aromatic heterocycles. The van der Waals surface area contributed by atoms with Crippen LogP contribution in [0.4, 0.5) is 0 Å². The predicted molar refractivity (Wildman–Crippen MR) is 43.7 cm³/mol. The van der Waals surface area contributed by atoms with Crippen molar-refractivity contribution in [2.45, 2.75) is 6.92 Å². The first-order valence-corrected chi connectivity index (χ1v) is 3.59. The Kier molecular flexibility index (Phi) is 5.80. The molecule has 0 aliphatic heterocycles. The molecule has 3 nitrogen and oxygen atoms in total.